The van der Waals surface area contributed by atoms with Crippen molar-refractivity contribution in [1.29, 1.82) is 0 Å². The van der Waals surface area contributed by atoms with Crippen LogP contribution in [0.3, 0.4) is 0 Å². The fourth-order valence-corrected chi connectivity index (χ4v) is 9.92. The topological polar surface area (TPSA) is 219 Å². The lowest BCUT2D eigenvalue weighted by molar-refractivity contribution is -0.132. The fraction of sp³-hybridized carbons (Fsp3) is 0.448. The van der Waals surface area contributed by atoms with E-state index in [9.17, 15) is 14.4 Å². The van der Waals surface area contributed by atoms with Gasteiger partial charge in [-0.2, -0.15) is 4.98 Å². The number of carbonyl (C=O) groups is 3. The molecule has 4 heterocycles. The Labute approximate surface area is 439 Å². The van der Waals surface area contributed by atoms with E-state index in [4.69, 9.17) is 39.6 Å². The van der Waals surface area contributed by atoms with Crippen molar-refractivity contribution >= 4 is 46.2 Å². The molecule has 1 aliphatic carbocycles. The second-order valence-corrected chi connectivity index (χ2v) is 21.7. The Morgan fingerprint density at radius 2 is 1.59 bits per heavy atom. The lowest BCUT2D eigenvalue weighted by Crippen LogP contribution is -2.44. The summed E-state index contributed by atoms with van der Waals surface area (Å²) in [6.45, 7) is 17.6. The summed E-state index contributed by atoms with van der Waals surface area (Å²) >= 11 is 0. The van der Waals surface area contributed by atoms with Crippen LogP contribution in [0.25, 0.3) is 33.4 Å². The predicted molar refractivity (Wildman–Crippen MR) is 292 cm³/mol. The lowest BCUT2D eigenvalue weighted by atomic mass is 9.80. The van der Waals surface area contributed by atoms with Crippen LogP contribution in [0, 0.1) is 10.8 Å². The van der Waals surface area contributed by atoms with E-state index in [0.29, 0.717) is 109 Å². The van der Waals surface area contributed by atoms with Gasteiger partial charge in [0, 0.05) is 103 Å². The number of nitrogens with zero attached hydrogens (tertiary/aromatic N) is 4. The summed E-state index contributed by atoms with van der Waals surface area (Å²) in [7, 11) is 4.49. The average molecular weight is 1030 g/mol. The number of fused-ring (bicyclic) bond motifs is 2. The van der Waals surface area contributed by atoms with Gasteiger partial charge >= 0.3 is 5.97 Å². The molecule has 3 aromatic carbocycles. The predicted octanol–water partition coefficient (Wildman–Crippen LogP) is 7.88. The van der Waals surface area contributed by atoms with Crippen LogP contribution >= 0.6 is 0 Å². The van der Waals surface area contributed by atoms with Gasteiger partial charge < -0.3 is 55.1 Å². The van der Waals surface area contributed by atoms with Crippen molar-refractivity contribution in [3.63, 3.8) is 0 Å². The highest BCUT2D eigenvalue weighted by molar-refractivity contribution is 6.10. The molecule has 2 amide bonds. The summed E-state index contributed by atoms with van der Waals surface area (Å²) in [6.07, 6.45) is 5.97. The minimum absolute atomic E-state index is 0.104. The summed E-state index contributed by atoms with van der Waals surface area (Å²) in [5.74, 6) is 1.60. The summed E-state index contributed by atoms with van der Waals surface area (Å²) in [6, 6.07) is 21.3. The van der Waals surface area contributed by atoms with Gasteiger partial charge in [0.15, 0.2) is 11.5 Å². The Hall–Kier alpha value is -7.40. The molecule has 4 aromatic rings. The highest BCUT2D eigenvalue weighted by atomic mass is 16.6. The number of aromatic nitrogens is 2. The molecule has 17 heteroatoms. The zero-order chi connectivity index (χ0) is 53.7. The van der Waals surface area contributed by atoms with E-state index in [1.807, 2.05) is 39.8 Å². The van der Waals surface area contributed by atoms with Crippen LogP contribution in [0.1, 0.15) is 105 Å². The average Bonchev–Trinajstić information content (AvgIpc) is 3.33. The molecule has 17 nitrogen and oxygen atoms in total. The number of carbonyl (C=O) groups excluding carboxylic acids is 3. The maximum atomic E-state index is 13.9. The molecular weight excluding hydrogens is 953 g/mol. The van der Waals surface area contributed by atoms with Gasteiger partial charge in [-0.3, -0.25) is 9.59 Å². The van der Waals surface area contributed by atoms with Gasteiger partial charge in [0.25, 0.3) is 5.91 Å². The molecule has 0 unspecified atom stereocenters. The van der Waals surface area contributed by atoms with Gasteiger partial charge in [-0.05, 0) is 98.2 Å². The van der Waals surface area contributed by atoms with E-state index in [2.05, 4.69) is 80.3 Å². The van der Waals surface area contributed by atoms with Gasteiger partial charge in [0.1, 0.15) is 35.9 Å². The SMILES string of the molecule is COC(=O)c1ccc(C(=O)NCCC(C)(C)COCCCNC(=O)C(C)(C)CC(C)(C)Oc2c(OC)cc(Cc3cnc(N)nc3N)cc2OC)cc1-c1c2ccc(=[N+]3CCC3)cc-2oc2cc(N3CCC3)ccc12. The Morgan fingerprint density at radius 3 is 2.24 bits per heavy atom. The van der Waals surface area contributed by atoms with E-state index in [1.165, 1.54) is 7.11 Å². The third kappa shape index (κ3) is 12.6. The van der Waals surface area contributed by atoms with E-state index < -0.39 is 17.0 Å². The number of anilines is 3. The first-order valence-corrected chi connectivity index (χ1v) is 25.8. The Kier molecular flexibility index (Phi) is 16.2. The number of esters is 1. The van der Waals surface area contributed by atoms with Crippen molar-refractivity contribution in [2.24, 2.45) is 10.8 Å². The molecule has 0 bridgehead atoms. The number of nitrogen functional groups attached to an aromatic ring is 2. The third-order valence-corrected chi connectivity index (χ3v) is 14.1. The van der Waals surface area contributed by atoms with Crippen molar-refractivity contribution in [2.75, 3.05) is 90.2 Å². The Morgan fingerprint density at radius 1 is 0.840 bits per heavy atom. The smallest absolute Gasteiger partial charge is 0.338 e. The van der Waals surface area contributed by atoms with Crippen LogP contribution in [-0.4, -0.2) is 107 Å². The number of nitrogens with two attached hydrogens (primary N) is 2. The first-order chi connectivity index (χ1) is 35.8. The molecule has 0 atom stereocenters. The number of nitrogens with one attached hydrogen (secondary N) is 2. The summed E-state index contributed by atoms with van der Waals surface area (Å²) in [5.41, 5.74) is 16.3. The van der Waals surface area contributed by atoms with Crippen LogP contribution in [0.15, 0.2) is 77.3 Å². The van der Waals surface area contributed by atoms with Gasteiger partial charge in [0.05, 0.1) is 46.0 Å². The van der Waals surface area contributed by atoms with E-state index in [-0.39, 0.29) is 23.2 Å². The van der Waals surface area contributed by atoms with Crippen molar-refractivity contribution in [2.45, 2.75) is 85.7 Å². The monoisotopic (exact) mass is 1030 g/mol. The zero-order valence-electron chi connectivity index (χ0n) is 44.9. The number of rotatable bonds is 22. The first-order valence-electron chi connectivity index (χ1n) is 25.8. The molecule has 0 radical (unpaired) electrons. The number of methoxy groups -OCH3 is 3. The standard InChI is InChI=1S/C58H72N8O9/c1-56(2,35-73-26-10-20-62-54(69)57(3,4)34-58(5,6)75-50-47(70-7)28-36(29-48(50)71-8)27-38-33-63-55(60)64-51(38)59)19-21-61-52(67)37-13-16-41(53(68)72-9)44(30-37)49-42-17-14-39(65-22-11-23-65)31-45(42)74-46-32-40(15-18-43(46)49)66-24-12-25-66/h13-18,28-33H,10-12,19-27,34-35H2,1-9H3,(H5-,59,60,61,62,63,64,67,69)/p+1. The summed E-state index contributed by atoms with van der Waals surface area (Å²) in [5, 5.41) is 8.11. The summed E-state index contributed by atoms with van der Waals surface area (Å²) in [4.78, 5) is 51.3. The molecule has 3 aliphatic heterocycles. The van der Waals surface area contributed by atoms with Crippen molar-refractivity contribution in [3.8, 4) is 39.7 Å². The number of ether oxygens (including phenoxy) is 5. The minimum atomic E-state index is -0.801. The highest BCUT2D eigenvalue weighted by Crippen LogP contribution is 2.45. The highest BCUT2D eigenvalue weighted by Gasteiger charge is 2.37. The zero-order valence-corrected chi connectivity index (χ0v) is 44.9. The first kappa shape index (κ1) is 53.9. The van der Waals surface area contributed by atoms with Crippen LogP contribution in [0.4, 0.5) is 17.5 Å². The largest absolute Gasteiger partial charge is 0.493 e. The van der Waals surface area contributed by atoms with Crippen LogP contribution < -0.4 is 51.1 Å². The number of amides is 2. The summed E-state index contributed by atoms with van der Waals surface area (Å²) < 4.78 is 38.4. The molecule has 8 rings (SSSR count). The van der Waals surface area contributed by atoms with Crippen LogP contribution in [0.2, 0.25) is 0 Å². The Balaban J connectivity index is 0.839. The van der Waals surface area contributed by atoms with E-state index >= 15 is 0 Å². The molecular formula is C58H73N8O9+. The lowest BCUT2D eigenvalue weighted by Gasteiger charge is -2.35. The maximum absolute atomic E-state index is 13.9. The van der Waals surface area contributed by atoms with Crippen LogP contribution in [0.5, 0.6) is 17.2 Å². The van der Waals surface area contributed by atoms with Gasteiger partial charge in [-0.15, -0.1) is 0 Å². The van der Waals surface area contributed by atoms with Crippen molar-refractivity contribution < 1.29 is 42.5 Å². The second kappa shape index (κ2) is 22.6. The molecule has 6 N–H and O–H groups in total. The van der Waals surface area contributed by atoms with Gasteiger partial charge in [-0.1, -0.05) is 27.7 Å². The molecule has 0 spiro atoms. The normalized spacial score (nSPS) is 13.8. The van der Waals surface area contributed by atoms with Crippen molar-refractivity contribution in [1.82, 2.24) is 25.2 Å². The number of hydrogen-bond donors (Lipinski definition) is 4. The molecule has 0 saturated carbocycles. The maximum Gasteiger partial charge on any atom is 0.338 e. The molecule has 2 fully saturated rings. The molecule has 1 aromatic heterocycles. The molecule has 2 saturated heterocycles. The van der Waals surface area contributed by atoms with E-state index in [0.717, 1.165) is 72.1 Å². The molecule has 4 aliphatic rings. The third-order valence-electron chi connectivity index (χ3n) is 14.1. The van der Waals surface area contributed by atoms with E-state index in [1.54, 1.807) is 38.6 Å². The van der Waals surface area contributed by atoms with Gasteiger partial charge in [-0.25, -0.2) is 14.4 Å². The number of benzene rings is 4. The quantitative estimate of drug-likeness (QED) is 0.0220. The second-order valence-electron chi connectivity index (χ2n) is 21.7. The molecule has 398 valence electrons. The molecule has 75 heavy (non-hydrogen) atoms. The number of hydrogen-bond acceptors (Lipinski definition) is 14. The van der Waals surface area contributed by atoms with Gasteiger partial charge in [0.2, 0.25) is 23.0 Å². The fourth-order valence-electron chi connectivity index (χ4n) is 9.92. The van der Waals surface area contributed by atoms with Crippen LogP contribution in [-0.2, 0) is 20.7 Å². The minimum Gasteiger partial charge on any atom is -0.493 e. The van der Waals surface area contributed by atoms with Crippen molar-refractivity contribution in [3.05, 3.63) is 101 Å². The Bertz CT molecular complexity index is 3090.